The maximum absolute atomic E-state index is 13.9. The van der Waals surface area contributed by atoms with Crippen molar-refractivity contribution in [3.8, 4) is 18.1 Å². The zero-order valence-corrected chi connectivity index (χ0v) is 22.7. The second kappa shape index (κ2) is 10.1. The van der Waals surface area contributed by atoms with Crippen molar-refractivity contribution in [2.24, 2.45) is 5.41 Å². The SMILES string of the molecule is C#CC1(CCN2C(=O)N(Cc3ccc(OC)cc3)CC23CCC(c2ccccc2)(N(C)C)CC3)CCC1. The van der Waals surface area contributed by atoms with Gasteiger partial charge in [-0.15, -0.1) is 6.42 Å². The lowest BCUT2D eigenvalue weighted by Gasteiger charge is -2.51. The Balaban J connectivity index is 1.39. The van der Waals surface area contributed by atoms with Crippen LogP contribution in [0.25, 0.3) is 0 Å². The average Bonchev–Trinajstić information content (AvgIpc) is 3.15. The molecular formula is C32H41N3O2. The molecule has 1 heterocycles. The fourth-order valence-electron chi connectivity index (χ4n) is 6.98. The van der Waals surface area contributed by atoms with Crippen molar-refractivity contribution in [1.29, 1.82) is 0 Å². The second-order valence-corrected chi connectivity index (χ2v) is 11.7. The van der Waals surface area contributed by atoms with E-state index in [0.29, 0.717) is 6.54 Å². The third kappa shape index (κ3) is 4.61. The molecule has 2 saturated carbocycles. The Kier molecular flexibility index (Phi) is 6.98. The first kappa shape index (κ1) is 25.7. The molecule has 3 fully saturated rings. The van der Waals surface area contributed by atoms with Crippen molar-refractivity contribution in [2.45, 2.75) is 69.0 Å². The normalized spacial score (nSPS) is 26.8. The topological polar surface area (TPSA) is 36.0 Å². The van der Waals surface area contributed by atoms with Gasteiger partial charge >= 0.3 is 6.03 Å². The summed E-state index contributed by atoms with van der Waals surface area (Å²) in [6.45, 7) is 2.15. The van der Waals surface area contributed by atoms with Gasteiger partial charge in [0, 0.05) is 30.6 Å². The van der Waals surface area contributed by atoms with Gasteiger partial charge in [0.25, 0.3) is 0 Å². The minimum absolute atomic E-state index is 0.00135. The van der Waals surface area contributed by atoms with Crippen LogP contribution in [0.5, 0.6) is 5.75 Å². The standard InChI is InChI=1S/C32H41N3O2/c1-5-30(16-9-17-30)22-23-35-29(36)34(24-26-12-14-28(37-4)15-13-26)25-31(35)18-20-32(21-19-31,33(2)3)27-10-7-6-8-11-27/h1,6-8,10-15H,9,16-25H2,2-4H3. The number of amides is 2. The Bertz CT molecular complexity index is 1120. The molecule has 5 heteroatoms. The molecule has 1 aliphatic heterocycles. The maximum atomic E-state index is 13.9. The molecule has 5 nitrogen and oxygen atoms in total. The number of carbonyl (C=O) groups excluding carboxylic acids is 1. The van der Waals surface area contributed by atoms with E-state index < -0.39 is 0 Å². The fourth-order valence-corrected chi connectivity index (χ4v) is 6.98. The molecule has 2 amide bonds. The Hall–Kier alpha value is -2.97. The summed E-state index contributed by atoms with van der Waals surface area (Å²) in [7, 11) is 6.08. The Morgan fingerprint density at radius 2 is 1.65 bits per heavy atom. The van der Waals surface area contributed by atoms with Crippen LogP contribution in [0.1, 0.15) is 62.5 Å². The number of hydrogen-bond acceptors (Lipinski definition) is 3. The van der Waals surface area contributed by atoms with E-state index in [4.69, 9.17) is 11.2 Å². The molecule has 5 rings (SSSR count). The van der Waals surface area contributed by atoms with Crippen LogP contribution in [-0.4, -0.2) is 60.6 Å². The summed E-state index contributed by atoms with van der Waals surface area (Å²) >= 11 is 0. The molecule has 3 aliphatic rings. The van der Waals surface area contributed by atoms with Crippen molar-refractivity contribution < 1.29 is 9.53 Å². The molecule has 196 valence electrons. The van der Waals surface area contributed by atoms with E-state index in [-0.39, 0.29) is 22.5 Å². The molecule has 1 saturated heterocycles. The molecule has 2 aromatic rings. The van der Waals surface area contributed by atoms with Gasteiger partial charge in [0.1, 0.15) is 5.75 Å². The van der Waals surface area contributed by atoms with Crippen LogP contribution in [0.4, 0.5) is 4.79 Å². The average molecular weight is 500 g/mol. The quantitative estimate of drug-likeness (QED) is 0.425. The molecule has 0 unspecified atom stereocenters. The number of methoxy groups -OCH3 is 1. The van der Waals surface area contributed by atoms with Gasteiger partial charge in [-0.05, 0) is 82.3 Å². The van der Waals surface area contributed by atoms with Crippen molar-refractivity contribution >= 4 is 6.03 Å². The number of rotatable bonds is 8. The first-order valence-corrected chi connectivity index (χ1v) is 13.8. The molecule has 0 aromatic heterocycles. The molecule has 1 spiro atoms. The molecule has 0 N–H and O–H groups in total. The predicted octanol–water partition coefficient (Wildman–Crippen LogP) is 5.90. The monoisotopic (exact) mass is 499 g/mol. The molecule has 37 heavy (non-hydrogen) atoms. The first-order chi connectivity index (χ1) is 17.9. The Morgan fingerprint density at radius 3 is 2.19 bits per heavy atom. The summed E-state index contributed by atoms with van der Waals surface area (Å²) in [5, 5.41) is 0. The third-order valence-corrected chi connectivity index (χ3v) is 9.70. The van der Waals surface area contributed by atoms with Gasteiger partial charge in [0.15, 0.2) is 0 Å². The van der Waals surface area contributed by atoms with Crippen LogP contribution >= 0.6 is 0 Å². The zero-order valence-electron chi connectivity index (χ0n) is 22.7. The van der Waals surface area contributed by atoms with E-state index >= 15 is 0 Å². The maximum Gasteiger partial charge on any atom is 0.320 e. The number of hydrogen-bond donors (Lipinski definition) is 0. The number of urea groups is 1. The van der Waals surface area contributed by atoms with E-state index in [9.17, 15) is 4.79 Å². The van der Waals surface area contributed by atoms with Gasteiger partial charge in [-0.2, -0.15) is 0 Å². The highest BCUT2D eigenvalue weighted by Gasteiger charge is 2.54. The minimum Gasteiger partial charge on any atom is -0.497 e. The second-order valence-electron chi connectivity index (χ2n) is 11.7. The lowest BCUT2D eigenvalue weighted by Crippen LogP contribution is -2.56. The summed E-state index contributed by atoms with van der Waals surface area (Å²) < 4.78 is 5.32. The highest BCUT2D eigenvalue weighted by atomic mass is 16.5. The lowest BCUT2D eigenvalue weighted by molar-refractivity contribution is 0.0196. The molecular weight excluding hydrogens is 458 g/mol. The third-order valence-electron chi connectivity index (χ3n) is 9.70. The van der Waals surface area contributed by atoms with Crippen molar-refractivity contribution in [1.82, 2.24) is 14.7 Å². The van der Waals surface area contributed by atoms with E-state index in [1.54, 1.807) is 7.11 Å². The van der Waals surface area contributed by atoms with Crippen molar-refractivity contribution in [2.75, 3.05) is 34.3 Å². The Morgan fingerprint density at radius 1 is 0.973 bits per heavy atom. The minimum atomic E-state index is -0.141. The van der Waals surface area contributed by atoms with E-state index in [2.05, 4.69) is 77.2 Å². The highest BCUT2D eigenvalue weighted by Crippen LogP contribution is 2.50. The van der Waals surface area contributed by atoms with Gasteiger partial charge in [-0.1, -0.05) is 54.8 Å². The number of ether oxygens (including phenoxy) is 1. The predicted molar refractivity (Wildman–Crippen MR) is 148 cm³/mol. The van der Waals surface area contributed by atoms with E-state index in [1.807, 2.05) is 12.1 Å². The summed E-state index contributed by atoms with van der Waals surface area (Å²) in [6, 6.07) is 19.2. The molecule has 2 aromatic carbocycles. The zero-order chi connectivity index (χ0) is 26.1. The van der Waals surface area contributed by atoms with Crippen LogP contribution in [0.15, 0.2) is 54.6 Å². The fraction of sp³-hybridized carbons (Fsp3) is 0.531. The van der Waals surface area contributed by atoms with Crippen molar-refractivity contribution in [3.05, 3.63) is 65.7 Å². The summed E-state index contributed by atoms with van der Waals surface area (Å²) in [6.07, 6.45) is 14.3. The summed E-state index contributed by atoms with van der Waals surface area (Å²) in [4.78, 5) is 20.6. The highest BCUT2D eigenvalue weighted by molar-refractivity contribution is 5.78. The van der Waals surface area contributed by atoms with Gasteiger partial charge < -0.3 is 14.5 Å². The lowest BCUT2D eigenvalue weighted by atomic mass is 9.66. The Labute approximate surface area is 222 Å². The van der Waals surface area contributed by atoms with Gasteiger partial charge in [0.05, 0.1) is 12.6 Å². The molecule has 0 radical (unpaired) electrons. The molecule has 0 atom stereocenters. The van der Waals surface area contributed by atoms with Crippen LogP contribution in [-0.2, 0) is 12.1 Å². The van der Waals surface area contributed by atoms with Gasteiger partial charge in [-0.25, -0.2) is 4.79 Å². The molecule has 2 aliphatic carbocycles. The van der Waals surface area contributed by atoms with E-state index in [1.165, 1.54) is 12.0 Å². The smallest absolute Gasteiger partial charge is 0.320 e. The number of terminal acetylenes is 1. The summed E-state index contributed by atoms with van der Waals surface area (Å²) in [5.74, 6) is 3.92. The van der Waals surface area contributed by atoms with Crippen LogP contribution in [0, 0.1) is 17.8 Å². The largest absolute Gasteiger partial charge is 0.497 e. The first-order valence-electron chi connectivity index (χ1n) is 13.8. The van der Waals surface area contributed by atoms with Crippen LogP contribution in [0.3, 0.4) is 0 Å². The number of nitrogens with zero attached hydrogens (tertiary/aromatic N) is 3. The van der Waals surface area contributed by atoms with Crippen LogP contribution < -0.4 is 4.74 Å². The number of benzene rings is 2. The van der Waals surface area contributed by atoms with Crippen LogP contribution in [0.2, 0.25) is 0 Å². The number of carbonyl (C=O) groups is 1. The van der Waals surface area contributed by atoms with Gasteiger partial charge in [0.2, 0.25) is 0 Å². The summed E-state index contributed by atoms with van der Waals surface area (Å²) in [5.41, 5.74) is 2.35. The van der Waals surface area contributed by atoms with Gasteiger partial charge in [-0.3, -0.25) is 4.90 Å². The van der Waals surface area contributed by atoms with E-state index in [0.717, 1.165) is 69.3 Å². The van der Waals surface area contributed by atoms with Crippen molar-refractivity contribution in [3.63, 3.8) is 0 Å². The molecule has 0 bridgehead atoms.